The molecule has 0 unspecified atom stereocenters. The molecule has 1 aromatic heterocycles. The first-order valence-electron chi connectivity index (χ1n) is 5.17. The van der Waals surface area contributed by atoms with Crippen LogP contribution in [-0.2, 0) is 0 Å². The Labute approximate surface area is 90.8 Å². The summed E-state index contributed by atoms with van der Waals surface area (Å²) in [7, 11) is 0. The first kappa shape index (κ1) is 9.91. The quantitative estimate of drug-likeness (QED) is 0.679. The van der Waals surface area contributed by atoms with Crippen LogP contribution in [0.5, 0.6) is 0 Å². The molecule has 15 heavy (non-hydrogen) atoms. The van der Waals surface area contributed by atoms with Gasteiger partial charge < -0.3 is 0 Å². The Morgan fingerprint density at radius 2 is 1.67 bits per heavy atom. The number of hydrogen-bond acceptors (Lipinski definition) is 1. The van der Waals surface area contributed by atoms with Crippen molar-refractivity contribution in [2.75, 3.05) is 0 Å². The molecule has 0 atom stereocenters. The molecule has 0 N–H and O–H groups in total. The van der Waals surface area contributed by atoms with Crippen LogP contribution in [0.2, 0.25) is 0 Å². The normalized spacial score (nSPS) is 10.3. The maximum absolute atomic E-state index is 4.55. The van der Waals surface area contributed by atoms with Gasteiger partial charge in [-0.05, 0) is 44.5 Å². The molecule has 0 amide bonds. The van der Waals surface area contributed by atoms with Crippen molar-refractivity contribution in [1.29, 1.82) is 0 Å². The van der Waals surface area contributed by atoms with Crippen LogP contribution in [0.3, 0.4) is 0 Å². The second kappa shape index (κ2) is 3.85. The van der Waals surface area contributed by atoms with Gasteiger partial charge in [0.25, 0.3) is 0 Å². The third-order valence-electron chi connectivity index (χ3n) is 2.41. The van der Waals surface area contributed by atoms with E-state index >= 15 is 0 Å². The molecule has 1 heteroatoms. The summed E-state index contributed by atoms with van der Waals surface area (Å²) in [6.07, 6.45) is 0. The van der Waals surface area contributed by atoms with Crippen LogP contribution >= 0.6 is 0 Å². The number of nitrogens with zero attached hydrogens (tertiary/aromatic N) is 1. The summed E-state index contributed by atoms with van der Waals surface area (Å²) in [6, 6.07) is 12.7. The van der Waals surface area contributed by atoms with E-state index in [1.807, 2.05) is 6.92 Å². The van der Waals surface area contributed by atoms with Crippen molar-refractivity contribution in [3.63, 3.8) is 0 Å². The minimum atomic E-state index is 1.07. The van der Waals surface area contributed by atoms with Crippen LogP contribution < -0.4 is 0 Å². The highest BCUT2D eigenvalue weighted by Crippen LogP contribution is 2.19. The molecular formula is C14H15N. The molecule has 0 aliphatic heterocycles. The van der Waals surface area contributed by atoms with E-state index in [0.29, 0.717) is 0 Å². The molecule has 0 fully saturated rings. The summed E-state index contributed by atoms with van der Waals surface area (Å²) in [4.78, 5) is 4.55. The maximum Gasteiger partial charge on any atom is 0.0707 e. The Morgan fingerprint density at radius 1 is 0.867 bits per heavy atom. The van der Waals surface area contributed by atoms with Crippen molar-refractivity contribution >= 4 is 0 Å². The Balaban J connectivity index is 2.54. The average Bonchev–Trinajstić information content (AvgIpc) is 2.16. The summed E-state index contributed by atoms with van der Waals surface area (Å²) < 4.78 is 0. The fourth-order valence-electron chi connectivity index (χ4n) is 1.79. The molecule has 1 aromatic carbocycles. The molecule has 0 spiro atoms. The third-order valence-corrected chi connectivity index (χ3v) is 2.41. The molecular weight excluding hydrogens is 182 g/mol. The van der Waals surface area contributed by atoms with Gasteiger partial charge in [-0.3, -0.25) is 4.98 Å². The Hall–Kier alpha value is -1.63. The van der Waals surface area contributed by atoms with Crippen LogP contribution in [0.25, 0.3) is 11.3 Å². The van der Waals surface area contributed by atoms with Gasteiger partial charge in [0.2, 0.25) is 0 Å². The molecule has 0 aliphatic rings. The Bertz CT molecular complexity index is 466. The third kappa shape index (κ3) is 2.24. The molecule has 2 aromatic rings. The molecule has 76 valence electrons. The second-order valence-electron chi connectivity index (χ2n) is 4.04. The van der Waals surface area contributed by atoms with Crippen LogP contribution in [0.1, 0.15) is 16.8 Å². The molecule has 2 rings (SSSR count). The van der Waals surface area contributed by atoms with Crippen molar-refractivity contribution in [3.05, 3.63) is 53.2 Å². The number of rotatable bonds is 1. The van der Waals surface area contributed by atoms with Gasteiger partial charge in [0, 0.05) is 11.3 Å². The summed E-state index contributed by atoms with van der Waals surface area (Å²) >= 11 is 0. The smallest absolute Gasteiger partial charge is 0.0707 e. The molecule has 0 saturated carbocycles. The molecule has 0 bridgehead atoms. The lowest BCUT2D eigenvalue weighted by molar-refractivity contribution is 1.18. The first-order valence-corrected chi connectivity index (χ1v) is 5.17. The second-order valence-corrected chi connectivity index (χ2v) is 4.04. The first-order chi connectivity index (χ1) is 7.15. The van der Waals surface area contributed by atoms with E-state index < -0.39 is 0 Å². The minimum absolute atomic E-state index is 1.07. The summed E-state index contributed by atoms with van der Waals surface area (Å²) in [6.45, 7) is 6.24. The van der Waals surface area contributed by atoms with E-state index in [-0.39, 0.29) is 0 Å². The van der Waals surface area contributed by atoms with Crippen molar-refractivity contribution in [1.82, 2.24) is 4.98 Å². The van der Waals surface area contributed by atoms with Crippen LogP contribution in [0.4, 0.5) is 0 Å². The van der Waals surface area contributed by atoms with E-state index in [1.54, 1.807) is 0 Å². The largest absolute Gasteiger partial charge is 0.253 e. The van der Waals surface area contributed by atoms with E-state index in [0.717, 1.165) is 11.4 Å². The highest BCUT2D eigenvalue weighted by atomic mass is 14.7. The highest BCUT2D eigenvalue weighted by Gasteiger charge is 2.00. The number of aromatic nitrogens is 1. The Morgan fingerprint density at radius 3 is 2.33 bits per heavy atom. The van der Waals surface area contributed by atoms with Crippen molar-refractivity contribution in [2.45, 2.75) is 20.8 Å². The minimum Gasteiger partial charge on any atom is -0.253 e. The van der Waals surface area contributed by atoms with Crippen molar-refractivity contribution in [2.24, 2.45) is 0 Å². The van der Waals surface area contributed by atoms with Crippen LogP contribution in [0.15, 0.2) is 36.4 Å². The molecule has 0 saturated heterocycles. The summed E-state index contributed by atoms with van der Waals surface area (Å²) in [5.41, 5.74) is 5.87. The monoisotopic (exact) mass is 197 g/mol. The maximum atomic E-state index is 4.55. The molecule has 1 nitrogen and oxygen atoms in total. The van der Waals surface area contributed by atoms with E-state index in [9.17, 15) is 0 Å². The average molecular weight is 197 g/mol. The van der Waals surface area contributed by atoms with Gasteiger partial charge in [-0.1, -0.05) is 23.8 Å². The summed E-state index contributed by atoms with van der Waals surface area (Å²) in [5.74, 6) is 0. The number of benzene rings is 1. The fraction of sp³-hybridized carbons (Fsp3) is 0.214. The molecule has 0 aliphatic carbocycles. The zero-order valence-electron chi connectivity index (χ0n) is 9.41. The van der Waals surface area contributed by atoms with Crippen molar-refractivity contribution in [3.8, 4) is 11.3 Å². The standard InChI is InChI=1S/C14H15N/c1-10-5-4-6-13(8-10)14-9-11(2)7-12(3)15-14/h4-9H,1-3H3. The number of hydrogen-bond donors (Lipinski definition) is 0. The lowest BCUT2D eigenvalue weighted by Gasteiger charge is -2.04. The predicted molar refractivity (Wildman–Crippen MR) is 63.9 cm³/mol. The molecule has 0 radical (unpaired) electrons. The van der Waals surface area contributed by atoms with Crippen LogP contribution in [-0.4, -0.2) is 4.98 Å². The van der Waals surface area contributed by atoms with Crippen LogP contribution in [0, 0.1) is 20.8 Å². The zero-order chi connectivity index (χ0) is 10.8. The van der Waals surface area contributed by atoms with Crippen molar-refractivity contribution < 1.29 is 0 Å². The van der Waals surface area contributed by atoms with E-state index in [4.69, 9.17) is 0 Å². The molecule has 1 heterocycles. The Kier molecular flexibility index (Phi) is 2.55. The number of aryl methyl sites for hydroxylation is 3. The van der Waals surface area contributed by atoms with Gasteiger partial charge in [-0.25, -0.2) is 0 Å². The fourth-order valence-corrected chi connectivity index (χ4v) is 1.79. The van der Waals surface area contributed by atoms with Gasteiger partial charge >= 0.3 is 0 Å². The lowest BCUT2D eigenvalue weighted by atomic mass is 10.1. The summed E-state index contributed by atoms with van der Waals surface area (Å²) in [5, 5.41) is 0. The van der Waals surface area contributed by atoms with E-state index in [2.05, 4.69) is 55.2 Å². The predicted octanol–water partition coefficient (Wildman–Crippen LogP) is 3.67. The lowest BCUT2D eigenvalue weighted by Crippen LogP contribution is -1.89. The van der Waals surface area contributed by atoms with Gasteiger partial charge in [-0.15, -0.1) is 0 Å². The van der Waals surface area contributed by atoms with E-state index in [1.165, 1.54) is 16.7 Å². The van der Waals surface area contributed by atoms with Gasteiger partial charge in [0.1, 0.15) is 0 Å². The number of pyridine rings is 1. The highest BCUT2D eigenvalue weighted by molar-refractivity contribution is 5.60. The topological polar surface area (TPSA) is 12.9 Å². The SMILES string of the molecule is Cc1cccc(-c2cc(C)cc(C)n2)c1. The zero-order valence-corrected chi connectivity index (χ0v) is 9.41. The van der Waals surface area contributed by atoms with Gasteiger partial charge in [0.05, 0.1) is 5.69 Å². The van der Waals surface area contributed by atoms with Gasteiger partial charge in [0.15, 0.2) is 0 Å². The van der Waals surface area contributed by atoms with Gasteiger partial charge in [-0.2, -0.15) is 0 Å².